The van der Waals surface area contributed by atoms with E-state index in [9.17, 15) is 4.79 Å². The van der Waals surface area contributed by atoms with E-state index in [1.54, 1.807) is 0 Å². The molecular weight excluding hydrogens is 144 g/mol. The molecule has 4 heteroatoms. The fourth-order valence-corrected chi connectivity index (χ4v) is 1.45. The van der Waals surface area contributed by atoms with Crippen LogP contribution in [0.25, 0.3) is 0 Å². The first-order valence-electron chi connectivity index (χ1n) is 3.84. The summed E-state index contributed by atoms with van der Waals surface area (Å²) in [6.07, 6.45) is 2.32. The molecule has 0 aromatic heterocycles. The normalized spacial score (nSPS) is 38.2. The molecule has 1 fully saturated rings. The van der Waals surface area contributed by atoms with Crippen LogP contribution in [0.1, 0.15) is 19.3 Å². The van der Waals surface area contributed by atoms with Gasteiger partial charge in [0.25, 0.3) is 6.47 Å². The van der Waals surface area contributed by atoms with Gasteiger partial charge in [-0.05, 0) is 19.3 Å². The van der Waals surface area contributed by atoms with Crippen LogP contribution in [-0.2, 0) is 9.53 Å². The van der Waals surface area contributed by atoms with Gasteiger partial charge in [-0.25, -0.2) is 0 Å². The molecule has 3 atom stereocenters. The molecule has 0 saturated heterocycles. The Morgan fingerprint density at radius 3 is 2.64 bits per heavy atom. The van der Waals surface area contributed by atoms with Crippen molar-refractivity contribution >= 4 is 6.47 Å². The molecule has 4 N–H and O–H groups in total. The van der Waals surface area contributed by atoms with Crippen molar-refractivity contribution in [2.45, 2.75) is 37.5 Å². The Bertz CT molecular complexity index is 140. The minimum atomic E-state index is -0.118. The van der Waals surface area contributed by atoms with Crippen LogP contribution in [0.3, 0.4) is 0 Å². The maximum absolute atomic E-state index is 9.99. The number of carbonyl (C=O) groups is 1. The van der Waals surface area contributed by atoms with Crippen LogP contribution >= 0.6 is 0 Å². The van der Waals surface area contributed by atoms with Crippen molar-refractivity contribution in [1.29, 1.82) is 0 Å². The van der Waals surface area contributed by atoms with Crippen LogP contribution < -0.4 is 11.5 Å². The molecule has 0 heterocycles. The van der Waals surface area contributed by atoms with Crippen molar-refractivity contribution in [3.8, 4) is 0 Å². The molecule has 0 aliphatic heterocycles. The second-order valence-corrected chi connectivity index (χ2v) is 3.01. The van der Waals surface area contributed by atoms with Crippen molar-refractivity contribution < 1.29 is 9.53 Å². The standard InChI is InChI=1S/C7H14N2O2/c8-5-1-2-7(11-4-10)6(9)3-5/h4-7H,1-3,8-9H2. The molecule has 0 spiro atoms. The third-order valence-corrected chi connectivity index (χ3v) is 2.10. The Morgan fingerprint density at radius 1 is 1.36 bits per heavy atom. The second-order valence-electron chi connectivity index (χ2n) is 3.01. The van der Waals surface area contributed by atoms with Crippen LogP contribution in [-0.4, -0.2) is 24.7 Å². The molecule has 0 aromatic rings. The van der Waals surface area contributed by atoms with E-state index in [0.717, 1.165) is 19.3 Å². The van der Waals surface area contributed by atoms with Crippen molar-refractivity contribution in [1.82, 2.24) is 0 Å². The lowest BCUT2D eigenvalue weighted by Gasteiger charge is -2.30. The largest absolute Gasteiger partial charge is 0.463 e. The summed E-state index contributed by atoms with van der Waals surface area (Å²) in [6.45, 7) is 0.460. The van der Waals surface area contributed by atoms with Crippen molar-refractivity contribution in [3.63, 3.8) is 0 Å². The van der Waals surface area contributed by atoms with Crippen molar-refractivity contribution in [3.05, 3.63) is 0 Å². The van der Waals surface area contributed by atoms with E-state index < -0.39 is 0 Å². The van der Waals surface area contributed by atoms with Crippen LogP contribution in [0.15, 0.2) is 0 Å². The third-order valence-electron chi connectivity index (χ3n) is 2.10. The predicted molar refractivity (Wildman–Crippen MR) is 40.7 cm³/mol. The molecule has 1 saturated carbocycles. The van der Waals surface area contributed by atoms with Crippen LogP contribution in [0, 0.1) is 0 Å². The first-order chi connectivity index (χ1) is 5.24. The summed E-state index contributed by atoms with van der Waals surface area (Å²) >= 11 is 0. The fraction of sp³-hybridized carbons (Fsp3) is 0.857. The van der Waals surface area contributed by atoms with Gasteiger partial charge in [0.1, 0.15) is 6.10 Å². The first kappa shape index (κ1) is 8.49. The minimum Gasteiger partial charge on any atom is -0.463 e. The van der Waals surface area contributed by atoms with Gasteiger partial charge >= 0.3 is 0 Å². The Hall–Kier alpha value is -0.610. The zero-order chi connectivity index (χ0) is 8.27. The summed E-state index contributed by atoms with van der Waals surface area (Å²) in [4.78, 5) is 9.99. The highest BCUT2D eigenvalue weighted by Crippen LogP contribution is 2.18. The maximum atomic E-state index is 9.99. The molecule has 0 amide bonds. The van der Waals surface area contributed by atoms with E-state index in [1.165, 1.54) is 0 Å². The zero-order valence-electron chi connectivity index (χ0n) is 6.40. The quantitative estimate of drug-likeness (QED) is 0.524. The molecule has 4 nitrogen and oxygen atoms in total. The number of rotatable bonds is 2. The summed E-state index contributed by atoms with van der Waals surface area (Å²) in [7, 11) is 0. The second kappa shape index (κ2) is 3.69. The molecule has 0 aromatic carbocycles. The highest BCUT2D eigenvalue weighted by Gasteiger charge is 2.26. The average molecular weight is 158 g/mol. The van der Waals surface area contributed by atoms with Gasteiger partial charge in [-0.1, -0.05) is 0 Å². The number of nitrogens with two attached hydrogens (primary N) is 2. The van der Waals surface area contributed by atoms with E-state index in [4.69, 9.17) is 16.2 Å². The fourth-order valence-electron chi connectivity index (χ4n) is 1.45. The highest BCUT2D eigenvalue weighted by molar-refractivity contribution is 5.37. The van der Waals surface area contributed by atoms with Gasteiger partial charge in [0.15, 0.2) is 0 Å². The molecular formula is C7H14N2O2. The number of ether oxygens (including phenoxy) is 1. The van der Waals surface area contributed by atoms with Gasteiger partial charge in [0, 0.05) is 12.1 Å². The van der Waals surface area contributed by atoms with E-state index in [-0.39, 0.29) is 18.2 Å². The van der Waals surface area contributed by atoms with Crippen molar-refractivity contribution in [2.75, 3.05) is 0 Å². The van der Waals surface area contributed by atoms with Gasteiger partial charge in [0.2, 0.25) is 0 Å². The van der Waals surface area contributed by atoms with Crippen molar-refractivity contribution in [2.24, 2.45) is 11.5 Å². The monoisotopic (exact) mass is 158 g/mol. The molecule has 0 radical (unpaired) electrons. The Balaban J connectivity index is 2.37. The zero-order valence-corrected chi connectivity index (χ0v) is 6.40. The van der Waals surface area contributed by atoms with E-state index in [0.29, 0.717) is 6.47 Å². The topological polar surface area (TPSA) is 78.3 Å². The summed E-state index contributed by atoms with van der Waals surface area (Å²) in [5.41, 5.74) is 11.4. The van der Waals surface area contributed by atoms with E-state index in [1.807, 2.05) is 0 Å². The molecule has 1 aliphatic rings. The van der Waals surface area contributed by atoms with Gasteiger partial charge < -0.3 is 16.2 Å². The third kappa shape index (κ3) is 2.17. The van der Waals surface area contributed by atoms with Crippen LogP contribution in [0.2, 0.25) is 0 Å². The average Bonchev–Trinajstić information content (AvgIpc) is 1.95. The molecule has 1 aliphatic carbocycles. The summed E-state index contributed by atoms with van der Waals surface area (Å²) in [6, 6.07) is 0.0976. The Labute approximate surface area is 65.9 Å². The Kier molecular flexibility index (Phi) is 2.84. The van der Waals surface area contributed by atoms with Gasteiger partial charge in [-0.15, -0.1) is 0 Å². The number of hydrogen-bond acceptors (Lipinski definition) is 4. The van der Waals surface area contributed by atoms with Gasteiger partial charge in [-0.3, -0.25) is 4.79 Å². The first-order valence-corrected chi connectivity index (χ1v) is 3.84. The summed E-state index contributed by atoms with van der Waals surface area (Å²) < 4.78 is 4.78. The summed E-state index contributed by atoms with van der Waals surface area (Å²) in [5.74, 6) is 0. The lowest BCUT2D eigenvalue weighted by Crippen LogP contribution is -2.46. The summed E-state index contributed by atoms with van der Waals surface area (Å²) in [5, 5.41) is 0. The molecule has 1 rings (SSSR count). The smallest absolute Gasteiger partial charge is 0.293 e. The molecule has 11 heavy (non-hydrogen) atoms. The minimum absolute atomic E-state index is 0.0797. The van der Waals surface area contributed by atoms with Gasteiger partial charge in [0.05, 0.1) is 0 Å². The van der Waals surface area contributed by atoms with E-state index >= 15 is 0 Å². The SMILES string of the molecule is NC1CCC(OC=O)C(N)C1. The molecule has 3 unspecified atom stereocenters. The van der Waals surface area contributed by atoms with E-state index in [2.05, 4.69) is 0 Å². The maximum Gasteiger partial charge on any atom is 0.293 e. The lowest BCUT2D eigenvalue weighted by molar-refractivity contribution is -0.135. The van der Waals surface area contributed by atoms with Crippen LogP contribution in [0.5, 0.6) is 0 Å². The van der Waals surface area contributed by atoms with Gasteiger partial charge in [-0.2, -0.15) is 0 Å². The Morgan fingerprint density at radius 2 is 2.09 bits per heavy atom. The number of hydrogen-bond donors (Lipinski definition) is 2. The molecule has 0 bridgehead atoms. The van der Waals surface area contributed by atoms with Crippen LogP contribution in [0.4, 0.5) is 0 Å². The lowest BCUT2D eigenvalue weighted by atomic mass is 9.90. The number of carbonyl (C=O) groups excluding carboxylic acids is 1. The highest BCUT2D eigenvalue weighted by atomic mass is 16.5. The predicted octanol–water partition coefficient (Wildman–Crippen LogP) is -0.633. The molecule has 64 valence electrons.